The molecule has 2 aromatic carbocycles. The third-order valence-electron chi connectivity index (χ3n) is 2.91. The fraction of sp³-hybridized carbons (Fsp3) is 0.0769. The first-order valence-electron chi connectivity index (χ1n) is 5.84. The van der Waals surface area contributed by atoms with Crippen LogP contribution in [-0.2, 0) is 6.54 Å². The molecule has 0 atom stereocenters. The van der Waals surface area contributed by atoms with Gasteiger partial charge in [-0.2, -0.15) is 8.75 Å². The number of nitrogens with one attached hydrogen (secondary N) is 1. The van der Waals surface area contributed by atoms with Crippen molar-refractivity contribution in [1.82, 2.24) is 8.75 Å². The van der Waals surface area contributed by atoms with Crippen molar-refractivity contribution < 1.29 is 8.78 Å². The third-order valence-corrected chi connectivity index (χ3v) is 4.02. The van der Waals surface area contributed by atoms with E-state index in [9.17, 15) is 8.78 Å². The van der Waals surface area contributed by atoms with Gasteiger partial charge in [0.1, 0.15) is 22.7 Å². The zero-order valence-corrected chi connectivity index (χ0v) is 12.7. The lowest BCUT2D eigenvalue weighted by atomic mass is 10.2. The molecule has 8 heteroatoms. The summed E-state index contributed by atoms with van der Waals surface area (Å²) in [6, 6.07) is 4.81. The Balaban J connectivity index is 1.95. The maximum Gasteiger partial charge on any atom is 0.130 e. The van der Waals surface area contributed by atoms with E-state index in [1.807, 2.05) is 0 Å². The van der Waals surface area contributed by atoms with E-state index in [2.05, 4.69) is 14.1 Å². The molecule has 0 radical (unpaired) electrons. The van der Waals surface area contributed by atoms with Crippen LogP contribution in [0.25, 0.3) is 11.0 Å². The number of aromatic nitrogens is 2. The first-order chi connectivity index (χ1) is 10.1. The zero-order chi connectivity index (χ0) is 15.0. The molecule has 0 saturated heterocycles. The SMILES string of the molecule is Fc1ccc(F)c(CNc2c(Cl)cc(Cl)c3nsnc23)c1. The predicted molar refractivity (Wildman–Crippen MR) is 81.1 cm³/mol. The van der Waals surface area contributed by atoms with Crippen LogP contribution in [0.15, 0.2) is 24.3 Å². The van der Waals surface area contributed by atoms with Crippen LogP contribution >= 0.6 is 34.9 Å². The number of hydrogen-bond acceptors (Lipinski definition) is 4. The Kier molecular flexibility index (Phi) is 3.93. The molecule has 0 saturated carbocycles. The van der Waals surface area contributed by atoms with Crippen LogP contribution in [0.4, 0.5) is 14.5 Å². The molecule has 0 aliphatic heterocycles. The van der Waals surface area contributed by atoms with Gasteiger partial charge in [-0.05, 0) is 24.3 Å². The molecular formula is C13H7Cl2F2N3S. The minimum atomic E-state index is -0.504. The molecule has 0 amide bonds. The lowest BCUT2D eigenvalue weighted by molar-refractivity contribution is 0.587. The van der Waals surface area contributed by atoms with E-state index in [4.69, 9.17) is 23.2 Å². The van der Waals surface area contributed by atoms with Crippen molar-refractivity contribution in [2.24, 2.45) is 0 Å². The maximum atomic E-state index is 13.6. The van der Waals surface area contributed by atoms with Crippen LogP contribution in [0.5, 0.6) is 0 Å². The summed E-state index contributed by atoms with van der Waals surface area (Å²) in [6.45, 7) is 0.0670. The van der Waals surface area contributed by atoms with Crippen molar-refractivity contribution in [3.8, 4) is 0 Å². The van der Waals surface area contributed by atoms with Crippen molar-refractivity contribution in [3.05, 3.63) is 51.5 Å². The summed E-state index contributed by atoms with van der Waals surface area (Å²) in [5.74, 6) is -1.00. The number of benzene rings is 2. The highest BCUT2D eigenvalue weighted by Crippen LogP contribution is 2.35. The topological polar surface area (TPSA) is 37.8 Å². The highest BCUT2D eigenvalue weighted by molar-refractivity contribution is 7.00. The number of hydrogen-bond donors (Lipinski definition) is 1. The Hall–Kier alpha value is -1.50. The molecule has 0 aliphatic rings. The first-order valence-corrected chi connectivity index (χ1v) is 7.33. The van der Waals surface area contributed by atoms with Crippen molar-refractivity contribution in [3.63, 3.8) is 0 Å². The molecule has 1 heterocycles. The quantitative estimate of drug-likeness (QED) is 0.734. The Morgan fingerprint density at radius 2 is 1.81 bits per heavy atom. The van der Waals surface area contributed by atoms with Crippen LogP contribution in [0.1, 0.15) is 5.56 Å². The molecule has 3 nitrogen and oxygen atoms in total. The van der Waals surface area contributed by atoms with E-state index in [0.29, 0.717) is 26.8 Å². The molecule has 0 fully saturated rings. The highest BCUT2D eigenvalue weighted by Gasteiger charge is 2.14. The standard InChI is InChI=1S/C13H7Cl2F2N3S/c14-8-4-9(15)12-13(20-21-19-12)11(8)18-5-6-3-7(16)1-2-10(6)17/h1-4,18H,5H2. The van der Waals surface area contributed by atoms with E-state index in [-0.39, 0.29) is 12.1 Å². The minimum absolute atomic E-state index is 0.0670. The van der Waals surface area contributed by atoms with E-state index in [1.165, 1.54) is 6.07 Å². The lowest BCUT2D eigenvalue weighted by Crippen LogP contribution is -2.03. The Labute approximate surface area is 132 Å². The van der Waals surface area contributed by atoms with Gasteiger partial charge in [0.15, 0.2) is 0 Å². The van der Waals surface area contributed by atoms with Gasteiger partial charge in [-0.25, -0.2) is 8.78 Å². The Morgan fingerprint density at radius 1 is 1.05 bits per heavy atom. The van der Waals surface area contributed by atoms with E-state index < -0.39 is 11.6 Å². The lowest BCUT2D eigenvalue weighted by Gasteiger charge is -2.10. The van der Waals surface area contributed by atoms with Gasteiger partial charge in [-0.1, -0.05) is 23.2 Å². The Morgan fingerprint density at radius 3 is 2.62 bits per heavy atom. The average molecular weight is 346 g/mol. The number of nitrogens with zero attached hydrogens (tertiary/aromatic N) is 2. The molecule has 0 spiro atoms. The van der Waals surface area contributed by atoms with Crippen LogP contribution in [0.3, 0.4) is 0 Å². The van der Waals surface area contributed by atoms with Crippen molar-refractivity contribution in [2.75, 3.05) is 5.32 Å². The summed E-state index contributed by atoms with van der Waals surface area (Å²) < 4.78 is 35.0. The third kappa shape index (κ3) is 2.79. The van der Waals surface area contributed by atoms with Gasteiger partial charge < -0.3 is 5.32 Å². The van der Waals surface area contributed by atoms with Gasteiger partial charge in [-0.3, -0.25) is 0 Å². The monoisotopic (exact) mass is 345 g/mol. The molecule has 21 heavy (non-hydrogen) atoms. The summed E-state index contributed by atoms with van der Waals surface area (Å²) in [4.78, 5) is 0. The van der Waals surface area contributed by atoms with Gasteiger partial charge >= 0.3 is 0 Å². The second-order valence-electron chi connectivity index (χ2n) is 4.27. The number of rotatable bonds is 3. The molecule has 108 valence electrons. The van der Waals surface area contributed by atoms with E-state index >= 15 is 0 Å². The summed E-state index contributed by atoms with van der Waals surface area (Å²) in [5, 5.41) is 3.70. The van der Waals surface area contributed by atoms with Gasteiger partial charge in [-0.15, -0.1) is 0 Å². The molecular weight excluding hydrogens is 339 g/mol. The molecule has 0 unspecified atom stereocenters. The van der Waals surface area contributed by atoms with Gasteiger partial charge in [0, 0.05) is 12.1 Å². The summed E-state index contributed by atoms with van der Waals surface area (Å²) >= 11 is 13.1. The largest absolute Gasteiger partial charge is 0.378 e. The summed E-state index contributed by atoms with van der Waals surface area (Å²) in [6.07, 6.45) is 0. The number of fused-ring (bicyclic) bond motifs is 1. The van der Waals surface area contributed by atoms with E-state index in [0.717, 1.165) is 29.9 Å². The molecule has 0 aliphatic carbocycles. The maximum absolute atomic E-state index is 13.6. The molecule has 1 N–H and O–H groups in total. The smallest absolute Gasteiger partial charge is 0.130 e. The van der Waals surface area contributed by atoms with Crippen LogP contribution in [-0.4, -0.2) is 8.75 Å². The van der Waals surface area contributed by atoms with Gasteiger partial charge in [0.05, 0.1) is 27.5 Å². The molecule has 1 aromatic heterocycles. The fourth-order valence-corrected chi connectivity index (χ4v) is 3.08. The second-order valence-corrected chi connectivity index (χ2v) is 5.61. The summed E-state index contributed by atoms with van der Waals surface area (Å²) in [5.41, 5.74) is 1.72. The van der Waals surface area contributed by atoms with Crippen molar-refractivity contribution in [1.29, 1.82) is 0 Å². The van der Waals surface area contributed by atoms with Crippen molar-refractivity contribution in [2.45, 2.75) is 6.54 Å². The van der Waals surface area contributed by atoms with Crippen LogP contribution in [0, 0.1) is 11.6 Å². The van der Waals surface area contributed by atoms with Crippen LogP contribution in [0.2, 0.25) is 10.0 Å². The second kappa shape index (κ2) is 5.71. The van der Waals surface area contributed by atoms with Gasteiger partial charge in [0.25, 0.3) is 0 Å². The first kappa shape index (κ1) is 14.4. The number of anilines is 1. The normalized spacial score (nSPS) is 11.0. The van der Waals surface area contributed by atoms with Crippen LogP contribution < -0.4 is 5.32 Å². The van der Waals surface area contributed by atoms with Gasteiger partial charge in [0.2, 0.25) is 0 Å². The fourth-order valence-electron chi connectivity index (χ4n) is 1.90. The van der Waals surface area contributed by atoms with E-state index in [1.54, 1.807) is 0 Å². The summed E-state index contributed by atoms with van der Waals surface area (Å²) in [7, 11) is 0. The molecule has 3 rings (SSSR count). The number of halogens is 4. The average Bonchev–Trinajstić information content (AvgIpc) is 2.92. The zero-order valence-electron chi connectivity index (χ0n) is 10.3. The molecule has 3 aromatic rings. The molecule has 0 bridgehead atoms. The highest BCUT2D eigenvalue weighted by atomic mass is 35.5. The van der Waals surface area contributed by atoms with Crippen molar-refractivity contribution >= 4 is 51.7 Å². The predicted octanol–water partition coefficient (Wildman–Crippen LogP) is 4.89. The Bertz CT molecular complexity index is 823. The minimum Gasteiger partial charge on any atom is -0.378 e.